The number of carbonyl (C=O) groups excluding carboxylic acids is 1. The number of ether oxygens (including phenoxy) is 1. The maximum absolute atomic E-state index is 13.6. The Balaban J connectivity index is 1.37. The summed E-state index contributed by atoms with van der Waals surface area (Å²) in [4.78, 5) is 26.6. The lowest BCUT2D eigenvalue weighted by molar-refractivity contribution is -0.141. The van der Waals surface area contributed by atoms with Crippen molar-refractivity contribution in [3.8, 4) is 0 Å². The van der Waals surface area contributed by atoms with E-state index in [1.807, 2.05) is 4.72 Å². The number of anilines is 1. The molecule has 4 N–H and O–H groups in total. The molecule has 0 unspecified atom stereocenters. The van der Waals surface area contributed by atoms with Gasteiger partial charge < -0.3 is 15.2 Å². The van der Waals surface area contributed by atoms with Crippen molar-refractivity contribution in [2.75, 3.05) is 11.9 Å². The van der Waals surface area contributed by atoms with Crippen molar-refractivity contribution < 1.29 is 40.8 Å². The van der Waals surface area contributed by atoms with Crippen LogP contribution >= 0.6 is 11.3 Å². The molecule has 5 rings (SSSR count). The summed E-state index contributed by atoms with van der Waals surface area (Å²) < 4.78 is 78.6. The quantitative estimate of drug-likeness (QED) is 0.219. The molecule has 1 aliphatic carbocycles. The lowest BCUT2D eigenvalue weighted by Gasteiger charge is -2.26. The van der Waals surface area contributed by atoms with Crippen LogP contribution in [0, 0.1) is 19.4 Å². The number of aryl methyl sites for hydroxylation is 1. The minimum absolute atomic E-state index is 0.140. The van der Waals surface area contributed by atoms with Gasteiger partial charge in [0.2, 0.25) is 5.78 Å². The lowest BCUT2D eigenvalue weighted by Crippen LogP contribution is -2.27. The van der Waals surface area contributed by atoms with Crippen LogP contribution in [0.15, 0.2) is 30.7 Å². The maximum atomic E-state index is 13.6. The molecule has 0 spiro atoms. The zero-order chi connectivity index (χ0) is 29.5. The summed E-state index contributed by atoms with van der Waals surface area (Å²) in [6.07, 6.45) is -2.88. The van der Waals surface area contributed by atoms with Crippen molar-refractivity contribution in [1.82, 2.24) is 19.7 Å². The number of hydrogen-bond acceptors (Lipinski definition) is 10. The van der Waals surface area contributed by atoms with Gasteiger partial charge in [0, 0.05) is 35.1 Å². The van der Waals surface area contributed by atoms with E-state index in [1.54, 1.807) is 13.0 Å². The Bertz CT molecular complexity index is 1570. The number of alkyl halides is 3. The van der Waals surface area contributed by atoms with Gasteiger partial charge in [-0.05, 0) is 43.9 Å². The lowest BCUT2D eigenvalue weighted by atomic mass is 9.97. The van der Waals surface area contributed by atoms with E-state index < -0.39 is 46.1 Å². The Morgan fingerprint density at radius 1 is 1.27 bits per heavy atom. The van der Waals surface area contributed by atoms with Crippen LogP contribution in [0.25, 0.3) is 0 Å². The fourth-order valence-electron chi connectivity index (χ4n) is 5.03. The summed E-state index contributed by atoms with van der Waals surface area (Å²) in [6, 6.07) is 3.58. The normalized spacial score (nSPS) is 22.9. The summed E-state index contributed by atoms with van der Waals surface area (Å²) >= 11 is 1.16. The average molecular weight is 613 g/mol. The van der Waals surface area contributed by atoms with Crippen LogP contribution in [-0.2, 0) is 27.6 Å². The molecule has 0 amide bonds. The number of ketones is 1. The Hall–Kier alpha value is -3.02. The second-order valence-corrected chi connectivity index (χ2v) is 12.2. The van der Waals surface area contributed by atoms with Crippen LogP contribution in [0.3, 0.4) is 0 Å². The number of nitrogens with zero attached hydrogens (tertiary/aromatic N) is 3. The first kappa shape index (κ1) is 29.5. The molecule has 1 radical (unpaired) electrons. The molecule has 16 heteroatoms. The van der Waals surface area contributed by atoms with Gasteiger partial charge in [0.05, 0.1) is 28.8 Å². The van der Waals surface area contributed by atoms with Gasteiger partial charge in [-0.15, -0.1) is 11.3 Å². The summed E-state index contributed by atoms with van der Waals surface area (Å²) in [5.41, 5.74) is 0.489. The molecule has 0 bridgehead atoms. The van der Waals surface area contributed by atoms with E-state index in [1.165, 1.54) is 18.6 Å². The predicted molar refractivity (Wildman–Crippen MR) is 140 cm³/mol. The van der Waals surface area contributed by atoms with Gasteiger partial charge in [-0.25, -0.2) is 15.0 Å². The largest absolute Gasteiger partial charge is 0.433 e. The fraction of sp³-hybridized carbons (Fsp3) is 0.400. The van der Waals surface area contributed by atoms with Crippen LogP contribution in [0.5, 0.6) is 0 Å². The van der Waals surface area contributed by atoms with Crippen molar-refractivity contribution in [3.63, 3.8) is 0 Å². The second-order valence-electron chi connectivity index (χ2n) is 9.78. The summed E-state index contributed by atoms with van der Waals surface area (Å²) in [7, 11) is -4.46. The molecule has 4 heterocycles. The molecule has 11 nitrogen and oxygen atoms in total. The third-order valence-electron chi connectivity index (χ3n) is 6.98. The SMILES string of the molecule is Cc1sc(C(=O)c2cncnc2N[C@H]2C[C@H](O)[C@@H]([CH]NS(=O)(=O)O)C2)cc1[C@@H]1OCCc2ccc(C(F)(F)F)nc21. The molecule has 0 aromatic carbocycles. The summed E-state index contributed by atoms with van der Waals surface area (Å²) in [6.45, 7) is 3.14. The van der Waals surface area contributed by atoms with Crippen molar-refractivity contribution in [1.29, 1.82) is 0 Å². The predicted octanol–water partition coefficient (Wildman–Crippen LogP) is 3.26. The smallest absolute Gasteiger partial charge is 0.393 e. The first-order valence-electron chi connectivity index (χ1n) is 12.5. The van der Waals surface area contributed by atoms with E-state index >= 15 is 0 Å². The van der Waals surface area contributed by atoms with E-state index in [-0.39, 0.29) is 42.6 Å². The van der Waals surface area contributed by atoms with E-state index in [0.29, 0.717) is 27.3 Å². The van der Waals surface area contributed by atoms with Crippen LogP contribution in [0.4, 0.5) is 19.0 Å². The number of halogens is 3. The molecule has 4 atom stereocenters. The number of carbonyl (C=O) groups is 1. The molecule has 1 fully saturated rings. The highest BCUT2D eigenvalue weighted by atomic mass is 32.2. The number of pyridine rings is 1. The number of rotatable bonds is 8. The van der Waals surface area contributed by atoms with Crippen LogP contribution < -0.4 is 10.0 Å². The summed E-state index contributed by atoms with van der Waals surface area (Å²) in [5.74, 6) is -0.813. The average Bonchev–Trinajstić information content (AvgIpc) is 3.47. The number of aliphatic hydroxyl groups is 1. The number of fused-ring (bicyclic) bond motifs is 1. The van der Waals surface area contributed by atoms with Gasteiger partial charge in [0.15, 0.2) is 0 Å². The first-order valence-corrected chi connectivity index (χ1v) is 14.7. The Morgan fingerprint density at radius 2 is 2.05 bits per heavy atom. The number of hydrogen-bond donors (Lipinski definition) is 4. The van der Waals surface area contributed by atoms with Crippen molar-refractivity contribution in [2.45, 2.75) is 50.6 Å². The summed E-state index contributed by atoms with van der Waals surface area (Å²) in [5, 5.41) is 13.4. The monoisotopic (exact) mass is 612 g/mol. The standard InChI is InChI=1S/C25H25F3N5O6S2/c1-12-16(23-21-13(4-5-39-23)2-3-20(33-21)25(26,27)28)8-19(40-12)22(35)17-10-29-11-30-24(17)32-15-6-14(18(34)7-15)9-31-41(36,37)38/h2-3,8-11,14-15,18,23,31,34H,4-7H2,1H3,(H,29,30,32)(H,36,37,38)/t14-,15-,18+,23+/m1/s1. The minimum atomic E-state index is -4.61. The molecule has 41 heavy (non-hydrogen) atoms. The van der Waals surface area contributed by atoms with Gasteiger partial charge in [-0.1, -0.05) is 6.07 Å². The zero-order valence-corrected chi connectivity index (χ0v) is 23.1. The van der Waals surface area contributed by atoms with Gasteiger partial charge in [0.1, 0.15) is 23.9 Å². The number of aromatic nitrogens is 3. The highest BCUT2D eigenvalue weighted by molar-refractivity contribution is 7.83. The number of aliphatic hydroxyl groups excluding tert-OH is 1. The van der Waals surface area contributed by atoms with Crippen molar-refractivity contribution >= 4 is 33.2 Å². The van der Waals surface area contributed by atoms with Gasteiger partial charge in [-0.3, -0.25) is 9.35 Å². The zero-order valence-electron chi connectivity index (χ0n) is 21.4. The molecule has 3 aromatic rings. The molecule has 3 aromatic heterocycles. The maximum Gasteiger partial charge on any atom is 0.433 e. The Labute approximate surface area is 237 Å². The second kappa shape index (κ2) is 11.3. The van der Waals surface area contributed by atoms with E-state index in [0.717, 1.165) is 23.9 Å². The third kappa shape index (κ3) is 6.57. The van der Waals surface area contributed by atoms with Crippen LogP contribution in [-0.4, -0.2) is 57.6 Å². The number of thiophene rings is 1. The molecule has 1 saturated carbocycles. The van der Waals surface area contributed by atoms with E-state index in [2.05, 4.69) is 20.3 Å². The molecule has 0 saturated heterocycles. The Kier molecular flexibility index (Phi) is 8.15. The van der Waals surface area contributed by atoms with E-state index in [9.17, 15) is 31.5 Å². The third-order valence-corrected chi connectivity index (χ3v) is 8.47. The van der Waals surface area contributed by atoms with Gasteiger partial charge in [0.25, 0.3) is 0 Å². The van der Waals surface area contributed by atoms with Crippen molar-refractivity contribution in [2.24, 2.45) is 5.92 Å². The Morgan fingerprint density at radius 3 is 2.78 bits per heavy atom. The van der Waals surface area contributed by atoms with Crippen LogP contribution in [0.1, 0.15) is 61.6 Å². The number of nitrogens with one attached hydrogen (secondary N) is 2. The molecular weight excluding hydrogens is 587 g/mol. The highest BCUT2D eigenvalue weighted by Gasteiger charge is 2.37. The molecule has 2 aliphatic rings. The van der Waals surface area contributed by atoms with Crippen molar-refractivity contribution in [3.05, 3.63) is 75.1 Å². The highest BCUT2D eigenvalue weighted by Crippen LogP contribution is 2.39. The minimum Gasteiger partial charge on any atom is -0.393 e. The van der Waals surface area contributed by atoms with E-state index in [4.69, 9.17) is 9.29 Å². The topological polar surface area (TPSA) is 164 Å². The van der Waals surface area contributed by atoms with Crippen LogP contribution in [0.2, 0.25) is 0 Å². The van der Waals surface area contributed by atoms with Gasteiger partial charge >= 0.3 is 16.5 Å². The van der Waals surface area contributed by atoms with Gasteiger partial charge in [-0.2, -0.15) is 26.3 Å². The fourth-order valence-corrected chi connectivity index (χ4v) is 6.38. The molecule has 219 valence electrons. The molecule has 1 aliphatic heterocycles. The molecular formula is C25H25F3N5O6S2. The first-order chi connectivity index (χ1) is 19.3.